The van der Waals surface area contributed by atoms with Crippen molar-refractivity contribution in [2.24, 2.45) is 0 Å². The van der Waals surface area contributed by atoms with Gasteiger partial charge in [0, 0.05) is 7.05 Å². The summed E-state index contributed by atoms with van der Waals surface area (Å²) in [5.41, 5.74) is 0.211. The molecule has 2 amide bonds. The number of likely N-dealkylation sites (N-methyl/N-ethyl adjacent to an activating group) is 1. The first-order valence-corrected chi connectivity index (χ1v) is 6.14. The van der Waals surface area contributed by atoms with Crippen molar-refractivity contribution < 1.29 is 27.8 Å². The number of carbonyl (C=O) groups is 1. The molecule has 1 atom stereocenters. The molecular weight excluding hydrogens is 313 g/mol. The van der Waals surface area contributed by atoms with Crippen LogP contribution in [-0.4, -0.2) is 49.0 Å². The summed E-state index contributed by atoms with van der Waals surface area (Å²) in [6.45, 7) is -0.891. The fourth-order valence-corrected chi connectivity index (χ4v) is 1.72. The van der Waals surface area contributed by atoms with Gasteiger partial charge in [0.1, 0.15) is 0 Å². The van der Waals surface area contributed by atoms with Crippen LogP contribution in [0.3, 0.4) is 0 Å². The smallest absolute Gasteiger partial charge is 0.416 e. The highest BCUT2D eigenvalue weighted by Crippen LogP contribution is 2.32. The lowest BCUT2D eigenvalue weighted by atomic mass is 10.3. The van der Waals surface area contributed by atoms with Crippen LogP contribution in [0.15, 0.2) is 18.2 Å². The van der Waals surface area contributed by atoms with Crippen LogP contribution in [0.25, 0.3) is 0 Å². The van der Waals surface area contributed by atoms with Crippen molar-refractivity contribution in [2.45, 2.75) is 12.3 Å². The van der Waals surface area contributed by atoms with Crippen molar-refractivity contribution >= 4 is 23.3 Å². The van der Waals surface area contributed by atoms with Crippen LogP contribution in [0.1, 0.15) is 0 Å². The predicted molar refractivity (Wildman–Crippen MR) is 71.7 cm³/mol. The predicted octanol–water partition coefficient (Wildman–Crippen LogP) is 2.74. The number of halogens is 4. The highest BCUT2D eigenvalue weighted by molar-refractivity contribution is 6.32. The quantitative estimate of drug-likeness (QED) is 0.894. The highest BCUT2D eigenvalue weighted by atomic mass is 35.5. The van der Waals surface area contributed by atoms with Crippen molar-refractivity contribution in [1.82, 2.24) is 4.90 Å². The molecule has 0 saturated carbocycles. The number of hydrogen-bond acceptors (Lipinski definition) is 3. The molecule has 1 aromatic carbocycles. The van der Waals surface area contributed by atoms with E-state index in [2.05, 4.69) is 5.32 Å². The molecule has 0 aliphatic rings. The van der Waals surface area contributed by atoms with Crippen molar-refractivity contribution in [3.8, 4) is 5.75 Å². The number of amides is 2. The third-order valence-electron chi connectivity index (χ3n) is 2.58. The summed E-state index contributed by atoms with van der Waals surface area (Å²) < 4.78 is 41.7. The Balaban J connectivity index is 2.75. The molecule has 1 unspecified atom stereocenters. The van der Waals surface area contributed by atoms with E-state index in [0.717, 1.165) is 7.05 Å². The Kier molecular flexibility index (Phi) is 5.68. The van der Waals surface area contributed by atoms with E-state index in [0.29, 0.717) is 4.90 Å². The van der Waals surface area contributed by atoms with E-state index >= 15 is 0 Å². The zero-order valence-electron chi connectivity index (χ0n) is 11.2. The number of aliphatic hydroxyl groups is 1. The summed E-state index contributed by atoms with van der Waals surface area (Å²) >= 11 is 5.86. The minimum Gasteiger partial charge on any atom is -0.493 e. The van der Waals surface area contributed by atoms with E-state index in [4.69, 9.17) is 21.4 Å². The number of nitrogens with zero attached hydrogens (tertiary/aromatic N) is 1. The standard InChI is InChI=1S/C12H14ClF3N2O3/c1-18(6-9(19)12(14,15)16)11(20)17-8-5-3-4-7(13)10(8)21-2/h3-5,9,19H,6H2,1-2H3,(H,17,20). The first-order valence-electron chi connectivity index (χ1n) is 5.76. The van der Waals surface area contributed by atoms with E-state index < -0.39 is 24.9 Å². The monoisotopic (exact) mass is 326 g/mol. The maximum atomic E-state index is 12.2. The van der Waals surface area contributed by atoms with E-state index in [9.17, 15) is 18.0 Å². The molecule has 5 nitrogen and oxygen atoms in total. The third-order valence-corrected chi connectivity index (χ3v) is 2.88. The minimum absolute atomic E-state index is 0.192. The zero-order valence-corrected chi connectivity index (χ0v) is 12.0. The molecule has 1 aromatic rings. The van der Waals surface area contributed by atoms with Crippen LogP contribution in [0.4, 0.5) is 23.7 Å². The second kappa shape index (κ2) is 6.86. The Morgan fingerprint density at radius 3 is 2.67 bits per heavy atom. The SMILES string of the molecule is COc1c(Cl)cccc1NC(=O)N(C)CC(O)C(F)(F)F. The number of alkyl halides is 3. The zero-order chi connectivity index (χ0) is 16.2. The molecular formula is C12H14ClF3N2O3. The fourth-order valence-electron chi connectivity index (χ4n) is 1.47. The average Bonchev–Trinajstić information content (AvgIpc) is 2.37. The van der Waals surface area contributed by atoms with Gasteiger partial charge in [0.05, 0.1) is 24.4 Å². The van der Waals surface area contributed by atoms with Crippen molar-refractivity contribution in [3.63, 3.8) is 0 Å². The van der Waals surface area contributed by atoms with Gasteiger partial charge in [-0.25, -0.2) is 4.79 Å². The average molecular weight is 327 g/mol. The molecule has 0 bridgehead atoms. The number of carbonyl (C=O) groups excluding carboxylic acids is 1. The molecule has 0 spiro atoms. The summed E-state index contributed by atoms with van der Waals surface area (Å²) in [6.07, 6.45) is -7.41. The van der Waals surface area contributed by atoms with Crippen molar-refractivity contribution in [3.05, 3.63) is 23.2 Å². The van der Waals surface area contributed by atoms with Gasteiger partial charge in [-0.2, -0.15) is 13.2 Å². The Morgan fingerprint density at radius 1 is 1.52 bits per heavy atom. The maximum absolute atomic E-state index is 12.2. The molecule has 1 rings (SSSR count). The van der Waals surface area contributed by atoms with Gasteiger partial charge in [0.15, 0.2) is 11.9 Å². The van der Waals surface area contributed by atoms with E-state index in [-0.39, 0.29) is 16.5 Å². The number of benzene rings is 1. The number of hydrogen-bond donors (Lipinski definition) is 2. The summed E-state index contributed by atoms with van der Waals surface area (Å²) in [6, 6.07) is 3.73. The number of anilines is 1. The summed E-state index contributed by atoms with van der Waals surface area (Å²) in [5.74, 6) is 0.192. The summed E-state index contributed by atoms with van der Waals surface area (Å²) in [5, 5.41) is 11.5. The normalized spacial score (nSPS) is 12.7. The van der Waals surface area contributed by atoms with Gasteiger partial charge >= 0.3 is 12.2 Å². The van der Waals surface area contributed by atoms with Crippen LogP contribution < -0.4 is 10.1 Å². The first-order chi connectivity index (χ1) is 9.66. The van der Waals surface area contributed by atoms with Gasteiger partial charge in [-0.3, -0.25) is 0 Å². The molecule has 0 aliphatic carbocycles. The van der Waals surface area contributed by atoms with Crippen LogP contribution in [0, 0.1) is 0 Å². The minimum atomic E-state index is -4.79. The molecule has 21 heavy (non-hydrogen) atoms. The number of ether oxygens (including phenoxy) is 1. The Morgan fingerprint density at radius 2 is 2.14 bits per heavy atom. The van der Waals surface area contributed by atoms with Gasteiger partial charge in [0.2, 0.25) is 0 Å². The Hall–Kier alpha value is -1.67. The lowest BCUT2D eigenvalue weighted by Gasteiger charge is -2.23. The number of nitrogens with one attached hydrogen (secondary N) is 1. The van der Waals surface area contributed by atoms with Crippen LogP contribution in [0.5, 0.6) is 5.75 Å². The molecule has 0 saturated heterocycles. The molecule has 2 N–H and O–H groups in total. The van der Waals surface area contributed by atoms with Gasteiger partial charge in [-0.1, -0.05) is 17.7 Å². The van der Waals surface area contributed by atoms with Crippen LogP contribution in [0.2, 0.25) is 5.02 Å². The van der Waals surface area contributed by atoms with Gasteiger partial charge in [0.25, 0.3) is 0 Å². The molecule has 0 aromatic heterocycles. The molecule has 0 aliphatic heterocycles. The Labute approximate surface area is 124 Å². The number of urea groups is 1. The van der Waals surface area contributed by atoms with Crippen molar-refractivity contribution in [2.75, 3.05) is 26.0 Å². The topological polar surface area (TPSA) is 61.8 Å². The highest BCUT2D eigenvalue weighted by Gasteiger charge is 2.39. The molecule has 118 valence electrons. The van der Waals surface area contributed by atoms with Gasteiger partial charge < -0.3 is 20.1 Å². The van der Waals surface area contributed by atoms with Gasteiger partial charge in [-0.15, -0.1) is 0 Å². The maximum Gasteiger partial charge on any atom is 0.416 e. The lowest BCUT2D eigenvalue weighted by Crippen LogP contribution is -2.43. The summed E-state index contributed by atoms with van der Waals surface area (Å²) in [4.78, 5) is 12.5. The number of rotatable bonds is 4. The lowest BCUT2D eigenvalue weighted by molar-refractivity contribution is -0.205. The second-order valence-electron chi connectivity index (χ2n) is 4.19. The van der Waals surface area contributed by atoms with Gasteiger partial charge in [-0.05, 0) is 12.1 Å². The third kappa shape index (κ3) is 4.68. The number of para-hydroxylation sites is 1. The van der Waals surface area contributed by atoms with E-state index in [1.165, 1.54) is 19.2 Å². The molecule has 0 radical (unpaired) electrons. The Bertz CT molecular complexity index is 511. The number of methoxy groups -OCH3 is 1. The largest absolute Gasteiger partial charge is 0.493 e. The van der Waals surface area contributed by atoms with Crippen molar-refractivity contribution in [1.29, 1.82) is 0 Å². The number of aliphatic hydroxyl groups excluding tert-OH is 1. The second-order valence-corrected chi connectivity index (χ2v) is 4.60. The van der Waals surface area contributed by atoms with E-state index in [1.807, 2.05) is 0 Å². The summed E-state index contributed by atoms with van der Waals surface area (Å²) in [7, 11) is 2.47. The molecule has 0 heterocycles. The first kappa shape index (κ1) is 17.4. The molecule has 9 heteroatoms. The van der Waals surface area contributed by atoms with E-state index in [1.54, 1.807) is 6.07 Å². The molecule has 0 fully saturated rings. The van der Waals surface area contributed by atoms with Crippen LogP contribution >= 0.6 is 11.6 Å². The van der Waals surface area contributed by atoms with Crippen LogP contribution in [-0.2, 0) is 0 Å². The fraction of sp³-hybridized carbons (Fsp3) is 0.417.